The summed E-state index contributed by atoms with van der Waals surface area (Å²) in [6.07, 6.45) is 7.84. The molecule has 0 saturated carbocycles. The van der Waals surface area contributed by atoms with Crippen molar-refractivity contribution < 1.29 is 19.4 Å². The molecule has 1 aliphatic heterocycles. The van der Waals surface area contributed by atoms with Crippen LogP contribution in [-0.2, 0) is 16.0 Å². The highest BCUT2D eigenvalue weighted by Gasteiger charge is 2.28. The van der Waals surface area contributed by atoms with E-state index in [1.165, 1.54) is 0 Å². The summed E-state index contributed by atoms with van der Waals surface area (Å²) in [4.78, 5) is 26.0. The fourth-order valence-corrected chi connectivity index (χ4v) is 3.52. The third kappa shape index (κ3) is 7.88. The molecule has 168 valence electrons. The fraction of sp³-hybridized carbons (Fsp3) is 0.538. The number of esters is 1. The van der Waals surface area contributed by atoms with Crippen molar-refractivity contribution in [3.63, 3.8) is 0 Å². The second kappa shape index (κ2) is 13.0. The summed E-state index contributed by atoms with van der Waals surface area (Å²) in [5.74, 6) is 6.13. The minimum absolute atomic E-state index is 0.0133. The van der Waals surface area contributed by atoms with Crippen LogP contribution >= 0.6 is 0 Å². The summed E-state index contributed by atoms with van der Waals surface area (Å²) in [6.45, 7) is 6.84. The number of carbonyl (C=O) groups is 2. The van der Waals surface area contributed by atoms with Gasteiger partial charge in [-0.05, 0) is 49.8 Å². The van der Waals surface area contributed by atoms with Crippen LogP contribution < -0.4 is 0 Å². The van der Waals surface area contributed by atoms with Crippen molar-refractivity contribution in [3.8, 4) is 11.8 Å². The molecule has 0 radical (unpaired) electrons. The van der Waals surface area contributed by atoms with E-state index in [0.29, 0.717) is 38.0 Å². The molecule has 1 N–H and O–H groups in total. The largest absolute Gasteiger partial charge is 0.462 e. The first-order valence-electron chi connectivity index (χ1n) is 11.3. The van der Waals surface area contributed by atoms with Crippen LogP contribution in [0.1, 0.15) is 68.8 Å². The number of aliphatic hydroxyl groups excluding tert-OH is 1. The van der Waals surface area contributed by atoms with Crippen molar-refractivity contribution >= 4 is 11.9 Å². The maximum atomic E-state index is 12.4. The van der Waals surface area contributed by atoms with Gasteiger partial charge in [0.1, 0.15) is 0 Å². The SMILES string of the molecule is CCCC#CCC(C)[C@@H](O)/C=C/[C@H]1CCC(=O)N1CCc1ccc(C(=O)OCC)cc1. The van der Waals surface area contributed by atoms with E-state index in [0.717, 1.165) is 24.8 Å². The van der Waals surface area contributed by atoms with Crippen LogP contribution in [0, 0.1) is 17.8 Å². The lowest BCUT2D eigenvalue weighted by Crippen LogP contribution is -2.34. The summed E-state index contributed by atoms with van der Waals surface area (Å²) in [5.41, 5.74) is 1.60. The Balaban J connectivity index is 1.89. The average Bonchev–Trinajstić information content (AvgIpc) is 3.13. The van der Waals surface area contributed by atoms with Crippen LogP contribution in [0.5, 0.6) is 0 Å². The molecule has 3 atom stereocenters. The van der Waals surface area contributed by atoms with Gasteiger partial charge >= 0.3 is 5.97 Å². The second-order valence-electron chi connectivity index (χ2n) is 8.02. The van der Waals surface area contributed by atoms with Gasteiger partial charge in [0.15, 0.2) is 0 Å². The summed E-state index contributed by atoms with van der Waals surface area (Å²) >= 11 is 0. The van der Waals surface area contributed by atoms with Crippen LogP contribution in [0.4, 0.5) is 0 Å². The monoisotopic (exact) mass is 425 g/mol. The van der Waals surface area contributed by atoms with Crippen molar-refractivity contribution in [1.29, 1.82) is 0 Å². The van der Waals surface area contributed by atoms with Gasteiger partial charge in [-0.15, -0.1) is 11.8 Å². The van der Waals surface area contributed by atoms with Gasteiger partial charge < -0.3 is 14.7 Å². The van der Waals surface area contributed by atoms with Gasteiger partial charge in [-0.1, -0.05) is 38.1 Å². The molecule has 2 rings (SSSR count). The molecule has 0 bridgehead atoms. The molecule has 1 saturated heterocycles. The molecule has 1 aromatic rings. The molecule has 5 heteroatoms. The van der Waals surface area contributed by atoms with Gasteiger partial charge in [0.25, 0.3) is 0 Å². The lowest BCUT2D eigenvalue weighted by atomic mass is 9.99. The first kappa shape index (κ1) is 24.7. The Hall–Kier alpha value is -2.58. The molecule has 0 aliphatic carbocycles. The van der Waals surface area contributed by atoms with E-state index < -0.39 is 6.10 Å². The molecule has 1 unspecified atom stereocenters. The maximum absolute atomic E-state index is 12.4. The maximum Gasteiger partial charge on any atom is 0.338 e. The highest BCUT2D eigenvalue weighted by molar-refractivity contribution is 5.89. The zero-order chi connectivity index (χ0) is 22.6. The van der Waals surface area contributed by atoms with E-state index >= 15 is 0 Å². The zero-order valence-corrected chi connectivity index (χ0v) is 19.0. The number of amides is 1. The third-order valence-corrected chi connectivity index (χ3v) is 5.52. The fourth-order valence-electron chi connectivity index (χ4n) is 3.52. The number of benzene rings is 1. The summed E-state index contributed by atoms with van der Waals surface area (Å²) in [5, 5.41) is 10.4. The Kier molecular flexibility index (Phi) is 10.3. The number of nitrogens with zero attached hydrogens (tertiary/aromatic N) is 1. The van der Waals surface area contributed by atoms with Crippen LogP contribution in [0.25, 0.3) is 0 Å². The second-order valence-corrected chi connectivity index (χ2v) is 8.02. The Morgan fingerprint density at radius 1 is 1.29 bits per heavy atom. The number of carbonyl (C=O) groups excluding carboxylic acids is 2. The Morgan fingerprint density at radius 3 is 2.71 bits per heavy atom. The molecule has 0 aromatic heterocycles. The van der Waals surface area contributed by atoms with E-state index in [1.807, 2.05) is 36.1 Å². The highest BCUT2D eigenvalue weighted by Crippen LogP contribution is 2.21. The van der Waals surface area contributed by atoms with E-state index in [9.17, 15) is 14.7 Å². The molecule has 1 fully saturated rings. The number of likely N-dealkylation sites (tertiary alicyclic amines) is 1. The smallest absolute Gasteiger partial charge is 0.338 e. The number of aliphatic hydroxyl groups is 1. The number of rotatable bonds is 10. The molecular formula is C26H35NO4. The predicted molar refractivity (Wildman–Crippen MR) is 122 cm³/mol. The minimum atomic E-state index is -0.566. The van der Waals surface area contributed by atoms with Gasteiger partial charge in [0, 0.05) is 25.8 Å². The van der Waals surface area contributed by atoms with Crippen LogP contribution in [0.15, 0.2) is 36.4 Å². The van der Waals surface area contributed by atoms with Gasteiger partial charge in [-0.2, -0.15) is 0 Å². The summed E-state index contributed by atoms with van der Waals surface area (Å²) in [7, 11) is 0. The Bertz CT molecular complexity index is 803. The number of unbranched alkanes of at least 4 members (excludes halogenated alkanes) is 1. The normalized spacial score (nSPS) is 18.0. The third-order valence-electron chi connectivity index (χ3n) is 5.52. The molecular weight excluding hydrogens is 390 g/mol. The standard InChI is InChI=1S/C26H35NO4/c1-4-6-7-8-9-20(3)24(28)16-14-23-15-17-25(29)27(23)19-18-21-10-12-22(13-11-21)26(30)31-5-2/h10-14,16,20,23-24,28H,4-6,9,15,17-19H2,1-3H3/b16-14+/t20?,23-,24-/m0/s1. The lowest BCUT2D eigenvalue weighted by Gasteiger charge is -2.23. The van der Waals surface area contributed by atoms with Gasteiger partial charge in [0.05, 0.1) is 24.3 Å². The lowest BCUT2D eigenvalue weighted by molar-refractivity contribution is -0.128. The first-order valence-corrected chi connectivity index (χ1v) is 11.3. The molecule has 1 heterocycles. The van der Waals surface area contributed by atoms with Crippen LogP contribution in [0.2, 0.25) is 0 Å². The van der Waals surface area contributed by atoms with Crippen LogP contribution in [0.3, 0.4) is 0 Å². The number of ether oxygens (including phenoxy) is 1. The first-order chi connectivity index (χ1) is 15.0. The van der Waals surface area contributed by atoms with Crippen molar-refractivity contribution in [1.82, 2.24) is 4.90 Å². The average molecular weight is 426 g/mol. The van der Waals surface area contributed by atoms with E-state index in [2.05, 4.69) is 18.8 Å². The predicted octanol–water partition coefficient (Wildman–Crippen LogP) is 4.14. The van der Waals surface area contributed by atoms with Gasteiger partial charge in [0.2, 0.25) is 5.91 Å². The van der Waals surface area contributed by atoms with Crippen LogP contribution in [-0.4, -0.2) is 47.2 Å². The number of hydrogen-bond donors (Lipinski definition) is 1. The molecule has 31 heavy (non-hydrogen) atoms. The minimum Gasteiger partial charge on any atom is -0.462 e. The number of hydrogen-bond acceptors (Lipinski definition) is 4. The van der Waals surface area contributed by atoms with Gasteiger partial charge in [-0.3, -0.25) is 4.79 Å². The van der Waals surface area contributed by atoms with Crippen molar-refractivity contribution in [2.45, 2.75) is 71.4 Å². The Morgan fingerprint density at radius 2 is 2.03 bits per heavy atom. The summed E-state index contributed by atoms with van der Waals surface area (Å²) < 4.78 is 5.01. The highest BCUT2D eigenvalue weighted by atomic mass is 16.5. The van der Waals surface area contributed by atoms with Crippen molar-refractivity contribution in [3.05, 3.63) is 47.5 Å². The van der Waals surface area contributed by atoms with E-state index in [4.69, 9.17) is 4.74 Å². The molecule has 1 amide bonds. The van der Waals surface area contributed by atoms with Gasteiger partial charge in [-0.25, -0.2) is 4.79 Å². The van der Waals surface area contributed by atoms with Crippen molar-refractivity contribution in [2.75, 3.05) is 13.2 Å². The van der Waals surface area contributed by atoms with Crippen molar-refractivity contribution in [2.24, 2.45) is 5.92 Å². The molecule has 5 nitrogen and oxygen atoms in total. The molecule has 0 spiro atoms. The quantitative estimate of drug-likeness (QED) is 0.348. The molecule has 1 aromatic carbocycles. The van der Waals surface area contributed by atoms with E-state index in [-0.39, 0.29) is 23.8 Å². The topological polar surface area (TPSA) is 66.8 Å². The molecule has 1 aliphatic rings. The zero-order valence-electron chi connectivity index (χ0n) is 19.0. The Labute approximate surface area is 186 Å². The van der Waals surface area contributed by atoms with E-state index in [1.54, 1.807) is 19.1 Å². The summed E-state index contributed by atoms with van der Waals surface area (Å²) in [6, 6.07) is 7.35.